The third-order valence-corrected chi connectivity index (χ3v) is 4.06. The molecule has 1 aliphatic carbocycles. The molecule has 0 aromatic rings. The van der Waals surface area contributed by atoms with Gasteiger partial charge in [-0.25, -0.2) is 0 Å². The number of hydrogen-bond donors (Lipinski definition) is 0. The van der Waals surface area contributed by atoms with E-state index in [9.17, 15) is 0 Å². The Morgan fingerprint density at radius 2 is 2.40 bits per heavy atom. The maximum atomic E-state index is 5.38. The summed E-state index contributed by atoms with van der Waals surface area (Å²) in [7, 11) is 0. The van der Waals surface area contributed by atoms with E-state index in [0.717, 1.165) is 11.8 Å². The van der Waals surface area contributed by atoms with Crippen LogP contribution in [0.2, 0.25) is 0 Å². The van der Waals surface area contributed by atoms with Gasteiger partial charge in [0.05, 0.1) is 16.3 Å². The summed E-state index contributed by atoms with van der Waals surface area (Å²) in [5, 5.41) is 0. The fourth-order valence-corrected chi connectivity index (χ4v) is 3.44. The van der Waals surface area contributed by atoms with E-state index in [1.807, 2.05) is 0 Å². The van der Waals surface area contributed by atoms with Crippen LogP contribution in [-0.2, 0) is 3.83 Å². The van der Waals surface area contributed by atoms with Crippen molar-refractivity contribution >= 4 is 16.3 Å². The fraction of sp³-hybridized carbons (Fsp3) is 1.00. The Bertz CT molecular complexity index is 180. The molecule has 4 aliphatic rings. The second-order valence-electron chi connectivity index (χ2n) is 3.77. The highest BCUT2D eigenvalue weighted by atomic mass is 79.9. The zero-order valence-electron chi connectivity index (χ0n) is 5.72. The fourth-order valence-electron chi connectivity index (χ4n) is 2.86. The SMILES string of the molecule is BrO[C@]12CN3CCC1C2C3. The Kier molecular flexibility index (Phi) is 0.953. The largest absolute Gasteiger partial charge is 0.300 e. The lowest BCUT2D eigenvalue weighted by molar-refractivity contribution is 0.125. The first-order chi connectivity index (χ1) is 4.87. The van der Waals surface area contributed by atoms with Crippen LogP contribution in [0.5, 0.6) is 0 Å². The molecular weight excluding hydrogens is 194 g/mol. The van der Waals surface area contributed by atoms with Crippen LogP contribution < -0.4 is 0 Å². The number of fused-ring (bicyclic) bond motifs is 1. The maximum Gasteiger partial charge on any atom is 0.103 e. The summed E-state index contributed by atoms with van der Waals surface area (Å²) in [6.07, 6.45) is 1.36. The Morgan fingerprint density at radius 1 is 1.50 bits per heavy atom. The molecule has 2 nitrogen and oxygen atoms in total. The molecule has 1 saturated carbocycles. The zero-order valence-corrected chi connectivity index (χ0v) is 7.30. The molecule has 0 aromatic heterocycles. The average Bonchev–Trinajstić information content (AvgIpc) is 2.52. The minimum absolute atomic E-state index is 0.262. The summed E-state index contributed by atoms with van der Waals surface area (Å²) >= 11 is 3.15. The second kappa shape index (κ2) is 1.59. The molecule has 3 aliphatic heterocycles. The van der Waals surface area contributed by atoms with E-state index in [1.165, 1.54) is 26.1 Å². The molecule has 4 bridgehead atoms. The molecule has 56 valence electrons. The molecule has 3 heteroatoms. The van der Waals surface area contributed by atoms with E-state index in [2.05, 4.69) is 21.2 Å². The zero-order chi connectivity index (χ0) is 6.77. The van der Waals surface area contributed by atoms with Crippen LogP contribution in [0.1, 0.15) is 6.42 Å². The molecule has 4 fully saturated rings. The van der Waals surface area contributed by atoms with Gasteiger partial charge in [0.25, 0.3) is 0 Å². The van der Waals surface area contributed by atoms with Crippen LogP contribution in [0, 0.1) is 11.8 Å². The van der Waals surface area contributed by atoms with Crippen molar-refractivity contribution in [1.82, 2.24) is 4.90 Å². The maximum absolute atomic E-state index is 5.38. The Balaban J connectivity index is 1.94. The predicted octanol–water partition coefficient (Wildman–Crippen LogP) is 1.02. The van der Waals surface area contributed by atoms with Crippen molar-refractivity contribution in [1.29, 1.82) is 0 Å². The first kappa shape index (κ1) is 5.98. The van der Waals surface area contributed by atoms with Crippen molar-refractivity contribution in [2.24, 2.45) is 11.8 Å². The Morgan fingerprint density at radius 3 is 2.70 bits per heavy atom. The normalized spacial score (nSPS) is 62.7. The topological polar surface area (TPSA) is 12.5 Å². The quantitative estimate of drug-likeness (QED) is 0.632. The molecule has 4 atom stereocenters. The lowest BCUT2D eigenvalue weighted by Gasteiger charge is -2.27. The molecule has 10 heavy (non-hydrogen) atoms. The van der Waals surface area contributed by atoms with Crippen molar-refractivity contribution in [3.05, 3.63) is 0 Å². The van der Waals surface area contributed by atoms with E-state index in [4.69, 9.17) is 3.83 Å². The smallest absolute Gasteiger partial charge is 0.103 e. The molecule has 0 aromatic carbocycles. The monoisotopic (exact) mass is 203 g/mol. The summed E-state index contributed by atoms with van der Waals surface area (Å²) in [6.45, 7) is 3.77. The molecule has 0 amide bonds. The summed E-state index contributed by atoms with van der Waals surface area (Å²) < 4.78 is 5.38. The van der Waals surface area contributed by atoms with E-state index in [0.29, 0.717) is 0 Å². The lowest BCUT2D eigenvalue weighted by Crippen LogP contribution is -2.37. The van der Waals surface area contributed by atoms with Gasteiger partial charge in [0, 0.05) is 19.0 Å². The van der Waals surface area contributed by atoms with Gasteiger partial charge in [0.1, 0.15) is 5.60 Å². The van der Waals surface area contributed by atoms with Crippen molar-refractivity contribution in [2.45, 2.75) is 12.0 Å². The molecular formula is C7H10BrNO. The van der Waals surface area contributed by atoms with Gasteiger partial charge in [0.15, 0.2) is 0 Å². The van der Waals surface area contributed by atoms with Gasteiger partial charge in [-0.1, -0.05) is 0 Å². The number of halogens is 1. The van der Waals surface area contributed by atoms with Gasteiger partial charge in [0.2, 0.25) is 0 Å². The van der Waals surface area contributed by atoms with Crippen LogP contribution >= 0.6 is 16.3 Å². The highest BCUT2D eigenvalue weighted by molar-refractivity contribution is 9.06. The highest BCUT2D eigenvalue weighted by Crippen LogP contribution is 2.63. The molecule has 0 N–H and O–H groups in total. The van der Waals surface area contributed by atoms with Crippen molar-refractivity contribution in [3.63, 3.8) is 0 Å². The van der Waals surface area contributed by atoms with Crippen molar-refractivity contribution in [3.8, 4) is 0 Å². The molecule has 4 rings (SSSR count). The van der Waals surface area contributed by atoms with E-state index in [-0.39, 0.29) is 5.60 Å². The average molecular weight is 204 g/mol. The van der Waals surface area contributed by atoms with Crippen LogP contribution in [0.25, 0.3) is 0 Å². The lowest BCUT2D eigenvalue weighted by atomic mass is 10.1. The molecule has 0 radical (unpaired) electrons. The molecule has 0 spiro atoms. The van der Waals surface area contributed by atoms with Gasteiger partial charge < -0.3 is 0 Å². The first-order valence-electron chi connectivity index (χ1n) is 3.89. The number of nitrogens with zero attached hydrogens (tertiary/aromatic N) is 1. The number of hydrogen-bond acceptors (Lipinski definition) is 2. The highest BCUT2D eigenvalue weighted by Gasteiger charge is 2.72. The predicted molar refractivity (Wildman–Crippen MR) is 40.8 cm³/mol. The van der Waals surface area contributed by atoms with Crippen LogP contribution in [0.3, 0.4) is 0 Å². The molecule has 3 saturated heterocycles. The Labute approximate surface area is 69.0 Å². The Hall–Kier alpha value is 0.400. The van der Waals surface area contributed by atoms with Crippen LogP contribution in [0.15, 0.2) is 0 Å². The van der Waals surface area contributed by atoms with Gasteiger partial charge >= 0.3 is 0 Å². The third-order valence-electron chi connectivity index (χ3n) is 3.46. The van der Waals surface area contributed by atoms with Gasteiger partial charge in [-0.05, 0) is 18.9 Å². The van der Waals surface area contributed by atoms with E-state index in [1.54, 1.807) is 0 Å². The van der Waals surface area contributed by atoms with E-state index >= 15 is 0 Å². The van der Waals surface area contributed by atoms with E-state index < -0.39 is 0 Å². The van der Waals surface area contributed by atoms with Gasteiger partial charge in [-0.2, -0.15) is 0 Å². The number of rotatable bonds is 1. The van der Waals surface area contributed by atoms with Crippen molar-refractivity contribution < 1.29 is 3.83 Å². The summed E-state index contributed by atoms with van der Waals surface area (Å²) in [5.74, 6) is 1.75. The first-order valence-corrected chi connectivity index (χ1v) is 4.54. The summed E-state index contributed by atoms with van der Waals surface area (Å²) in [4.78, 5) is 2.51. The minimum Gasteiger partial charge on any atom is -0.300 e. The third kappa shape index (κ3) is 0.467. The summed E-state index contributed by atoms with van der Waals surface area (Å²) in [6, 6.07) is 0. The molecule has 3 unspecified atom stereocenters. The summed E-state index contributed by atoms with van der Waals surface area (Å²) in [5.41, 5.74) is 0.262. The minimum atomic E-state index is 0.262. The van der Waals surface area contributed by atoms with Gasteiger partial charge in [-0.15, -0.1) is 0 Å². The standard InChI is InChI=1S/C7H10BrNO/c8-10-7-4-9-2-1-5(7)6(7)3-9/h5-6H,1-4H2/t5?,6?,7-/m1/s1. The van der Waals surface area contributed by atoms with Crippen LogP contribution in [0.4, 0.5) is 0 Å². The number of piperidine rings is 3. The van der Waals surface area contributed by atoms with Gasteiger partial charge in [-0.3, -0.25) is 8.73 Å². The molecule has 3 heterocycles. The second-order valence-corrected chi connectivity index (χ2v) is 4.09. The van der Waals surface area contributed by atoms with Crippen molar-refractivity contribution in [2.75, 3.05) is 19.6 Å². The van der Waals surface area contributed by atoms with Crippen LogP contribution in [-0.4, -0.2) is 30.1 Å².